The molecule has 0 spiro atoms. The maximum Gasteiger partial charge on any atom is 0.255 e. The van der Waals surface area contributed by atoms with E-state index in [1.807, 2.05) is 20.9 Å². The van der Waals surface area contributed by atoms with Gasteiger partial charge in [-0.3, -0.25) is 9.48 Å². The van der Waals surface area contributed by atoms with Crippen LogP contribution in [-0.2, 0) is 11.8 Å². The van der Waals surface area contributed by atoms with Gasteiger partial charge in [0.05, 0.1) is 23.4 Å². The first-order valence-electron chi connectivity index (χ1n) is 6.69. The molecule has 1 aliphatic carbocycles. The minimum Gasteiger partial charge on any atom is -0.376 e. The Bertz CT molecular complexity index is 525. The first kappa shape index (κ1) is 12.6. The largest absolute Gasteiger partial charge is 0.376 e. The smallest absolute Gasteiger partial charge is 0.255 e. The van der Waals surface area contributed by atoms with Crippen molar-refractivity contribution < 1.29 is 9.53 Å². The Labute approximate surface area is 112 Å². The second-order valence-corrected chi connectivity index (χ2v) is 5.53. The van der Waals surface area contributed by atoms with Crippen molar-refractivity contribution in [3.63, 3.8) is 0 Å². The molecule has 1 saturated heterocycles. The standard InChI is InChI=1S/C13H20N4O2/c1-6-9(7(2)17(3)16-6)13(18)15-11-10(14)8-4-5-19-12(8)11/h8,10-12H,4-5,14H2,1-3H3,(H,15,18). The Morgan fingerprint density at radius 1 is 1.53 bits per heavy atom. The van der Waals surface area contributed by atoms with E-state index in [1.54, 1.807) is 4.68 Å². The zero-order valence-corrected chi connectivity index (χ0v) is 11.5. The van der Waals surface area contributed by atoms with E-state index < -0.39 is 0 Å². The Morgan fingerprint density at radius 2 is 2.26 bits per heavy atom. The zero-order chi connectivity index (χ0) is 13.7. The molecule has 4 unspecified atom stereocenters. The fourth-order valence-electron chi connectivity index (χ4n) is 3.25. The van der Waals surface area contributed by atoms with Crippen LogP contribution in [0.3, 0.4) is 0 Å². The van der Waals surface area contributed by atoms with Crippen molar-refractivity contribution >= 4 is 5.91 Å². The van der Waals surface area contributed by atoms with Crippen LogP contribution in [0.4, 0.5) is 0 Å². The van der Waals surface area contributed by atoms with Crippen molar-refractivity contribution in [2.45, 2.75) is 38.5 Å². The van der Waals surface area contributed by atoms with Gasteiger partial charge in [0.25, 0.3) is 5.91 Å². The molecule has 0 bridgehead atoms. The van der Waals surface area contributed by atoms with Crippen molar-refractivity contribution in [3.05, 3.63) is 17.0 Å². The molecule has 3 N–H and O–H groups in total. The molecular formula is C13H20N4O2. The van der Waals surface area contributed by atoms with Crippen LogP contribution in [-0.4, -0.2) is 40.5 Å². The van der Waals surface area contributed by atoms with E-state index in [2.05, 4.69) is 10.4 Å². The first-order valence-corrected chi connectivity index (χ1v) is 6.69. The number of fused-ring (bicyclic) bond motifs is 1. The number of carbonyl (C=O) groups is 1. The summed E-state index contributed by atoms with van der Waals surface area (Å²) in [6, 6.07) is -0.0623. The molecular weight excluding hydrogens is 244 g/mol. The lowest BCUT2D eigenvalue weighted by Gasteiger charge is -2.45. The van der Waals surface area contributed by atoms with E-state index >= 15 is 0 Å². The molecule has 6 heteroatoms. The van der Waals surface area contributed by atoms with E-state index in [1.165, 1.54) is 0 Å². The predicted molar refractivity (Wildman–Crippen MR) is 69.8 cm³/mol. The number of aromatic nitrogens is 2. The molecule has 6 nitrogen and oxygen atoms in total. The minimum atomic E-state index is -0.0995. The van der Waals surface area contributed by atoms with Crippen LogP contribution in [0.15, 0.2) is 0 Å². The van der Waals surface area contributed by atoms with Crippen molar-refractivity contribution in [2.24, 2.45) is 18.7 Å². The van der Waals surface area contributed by atoms with Crippen LogP contribution in [0.1, 0.15) is 28.2 Å². The summed E-state index contributed by atoms with van der Waals surface area (Å²) in [4.78, 5) is 12.4. The van der Waals surface area contributed by atoms with Crippen molar-refractivity contribution in [1.29, 1.82) is 0 Å². The Kier molecular flexibility index (Phi) is 2.87. The quantitative estimate of drug-likeness (QED) is 0.780. The predicted octanol–water partition coefficient (Wildman–Crippen LogP) is -0.119. The van der Waals surface area contributed by atoms with Crippen LogP contribution < -0.4 is 11.1 Å². The van der Waals surface area contributed by atoms with Gasteiger partial charge in [-0.25, -0.2) is 0 Å². The molecule has 2 heterocycles. The molecule has 2 fully saturated rings. The van der Waals surface area contributed by atoms with Gasteiger partial charge in [-0.15, -0.1) is 0 Å². The summed E-state index contributed by atoms with van der Waals surface area (Å²) in [6.45, 7) is 4.49. The average molecular weight is 264 g/mol. The number of rotatable bonds is 2. The second kappa shape index (κ2) is 4.31. The number of nitrogens with zero attached hydrogens (tertiary/aromatic N) is 2. The Balaban J connectivity index is 1.75. The molecule has 1 saturated carbocycles. The monoisotopic (exact) mass is 264 g/mol. The summed E-state index contributed by atoms with van der Waals surface area (Å²) >= 11 is 0. The summed E-state index contributed by atoms with van der Waals surface area (Å²) in [5.41, 5.74) is 8.36. The number of aryl methyl sites for hydroxylation is 2. The normalized spacial score (nSPS) is 32.8. The molecule has 3 rings (SSSR count). The van der Waals surface area contributed by atoms with Crippen LogP contribution in [0.25, 0.3) is 0 Å². The van der Waals surface area contributed by atoms with E-state index in [9.17, 15) is 4.79 Å². The van der Waals surface area contributed by atoms with Gasteiger partial charge < -0.3 is 15.8 Å². The van der Waals surface area contributed by atoms with E-state index in [0.717, 1.165) is 24.4 Å². The molecule has 1 aromatic heterocycles. The second-order valence-electron chi connectivity index (χ2n) is 5.53. The third kappa shape index (κ3) is 1.78. The summed E-state index contributed by atoms with van der Waals surface area (Å²) in [7, 11) is 1.84. The molecule has 2 aliphatic rings. The summed E-state index contributed by atoms with van der Waals surface area (Å²) in [5, 5.41) is 7.27. The number of carbonyl (C=O) groups excluding carboxylic acids is 1. The average Bonchev–Trinajstić information content (AvgIpc) is 2.89. The highest BCUT2D eigenvalue weighted by Gasteiger charge is 2.52. The molecule has 4 atom stereocenters. The first-order chi connectivity index (χ1) is 9.00. The maximum atomic E-state index is 12.4. The number of hydrogen-bond donors (Lipinski definition) is 2. The van der Waals surface area contributed by atoms with Crippen LogP contribution in [0.2, 0.25) is 0 Å². The van der Waals surface area contributed by atoms with Crippen molar-refractivity contribution in [1.82, 2.24) is 15.1 Å². The lowest BCUT2D eigenvalue weighted by molar-refractivity contribution is -0.0161. The summed E-state index contributed by atoms with van der Waals surface area (Å²) in [6.07, 6.45) is 1.10. The van der Waals surface area contributed by atoms with Gasteiger partial charge in [-0.2, -0.15) is 5.10 Å². The molecule has 0 radical (unpaired) electrons. The van der Waals surface area contributed by atoms with Gasteiger partial charge in [0.15, 0.2) is 0 Å². The van der Waals surface area contributed by atoms with Gasteiger partial charge in [-0.05, 0) is 20.3 Å². The summed E-state index contributed by atoms with van der Waals surface area (Å²) < 4.78 is 7.34. The van der Waals surface area contributed by atoms with E-state index in [-0.39, 0.29) is 24.1 Å². The lowest BCUT2D eigenvalue weighted by atomic mass is 9.72. The van der Waals surface area contributed by atoms with Crippen LogP contribution >= 0.6 is 0 Å². The van der Waals surface area contributed by atoms with Gasteiger partial charge in [0.2, 0.25) is 0 Å². The fourth-order valence-corrected chi connectivity index (χ4v) is 3.25. The Morgan fingerprint density at radius 3 is 2.89 bits per heavy atom. The number of nitrogens with two attached hydrogens (primary N) is 1. The highest BCUT2D eigenvalue weighted by atomic mass is 16.5. The van der Waals surface area contributed by atoms with Gasteiger partial charge in [0, 0.05) is 31.3 Å². The van der Waals surface area contributed by atoms with Crippen LogP contribution in [0.5, 0.6) is 0 Å². The molecule has 1 aromatic rings. The third-order valence-corrected chi connectivity index (χ3v) is 4.48. The van der Waals surface area contributed by atoms with Crippen LogP contribution in [0, 0.1) is 19.8 Å². The van der Waals surface area contributed by atoms with E-state index in [0.29, 0.717) is 11.5 Å². The van der Waals surface area contributed by atoms with Gasteiger partial charge in [-0.1, -0.05) is 0 Å². The molecule has 104 valence electrons. The topological polar surface area (TPSA) is 82.2 Å². The van der Waals surface area contributed by atoms with E-state index in [4.69, 9.17) is 10.5 Å². The number of ether oxygens (including phenoxy) is 1. The van der Waals surface area contributed by atoms with Gasteiger partial charge >= 0.3 is 0 Å². The van der Waals surface area contributed by atoms with Crippen molar-refractivity contribution in [2.75, 3.05) is 6.61 Å². The molecule has 19 heavy (non-hydrogen) atoms. The number of nitrogens with one attached hydrogen (secondary N) is 1. The minimum absolute atomic E-state index is 0.00809. The SMILES string of the molecule is Cc1nn(C)c(C)c1C(=O)NC1C(N)C2CCOC21. The molecule has 1 amide bonds. The fraction of sp³-hybridized carbons (Fsp3) is 0.692. The third-order valence-electron chi connectivity index (χ3n) is 4.48. The summed E-state index contributed by atoms with van der Waals surface area (Å²) in [5.74, 6) is 0.305. The zero-order valence-electron chi connectivity index (χ0n) is 11.5. The highest BCUT2D eigenvalue weighted by molar-refractivity contribution is 5.96. The maximum absolute atomic E-state index is 12.4. The highest BCUT2D eigenvalue weighted by Crippen LogP contribution is 2.37. The molecule has 1 aliphatic heterocycles. The number of amides is 1. The van der Waals surface area contributed by atoms with Crippen molar-refractivity contribution in [3.8, 4) is 0 Å². The lowest BCUT2D eigenvalue weighted by Crippen LogP contribution is -2.69. The Hall–Kier alpha value is -1.40. The number of hydrogen-bond acceptors (Lipinski definition) is 4. The molecule has 0 aromatic carbocycles. The van der Waals surface area contributed by atoms with Gasteiger partial charge in [0.1, 0.15) is 0 Å².